The van der Waals surface area contributed by atoms with Gasteiger partial charge < -0.3 is 9.88 Å². The largest absolute Gasteiger partial charge is 0.348 e. The minimum absolute atomic E-state index is 0.0768. The Hall–Kier alpha value is -2.39. The molecule has 0 saturated carbocycles. The number of hydrogen-bond acceptors (Lipinski definition) is 5. The molecular formula is C18H22N6OS2. The normalized spacial score (nSPS) is 10.9. The number of benzene rings is 1. The van der Waals surface area contributed by atoms with Crippen LogP contribution in [0, 0.1) is 18.6 Å². The SMILES string of the molecule is CCn1c(CNC(=O)CSc2nccn2-c2cc(C)ccc2C)n[nH]c1=S. The Morgan fingerprint density at radius 1 is 1.37 bits per heavy atom. The fraction of sp³-hybridized carbons (Fsp3) is 0.333. The average Bonchev–Trinajstić information content (AvgIpc) is 3.26. The number of hydrogen-bond donors (Lipinski definition) is 2. The molecule has 1 aromatic carbocycles. The predicted molar refractivity (Wildman–Crippen MR) is 109 cm³/mol. The van der Waals surface area contributed by atoms with Crippen LogP contribution in [-0.2, 0) is 17.9 Å². The first-order valence-electron chi connectivity index (χ1n) is 8.64. The van der Waals surface area contributed by atoms with Crippen molar-refractivity contribution in [1.82, 2.24) is 29.6 Å². The van der Waals surface area contributed by atoms with Gasteiger partial charge in [0.2, 0.25) is 5.91 Å². The lowest BCUT2D eigenvalue weighted by molar-refractivity contribution is -0.118. The van der Waals surface area contributed by atoms with Crippen molar-refractivity contribution in [3.8, 4) is 5.69 Å². The Labute approximate surface area is 167 Å². The fourth-order valence-corrected chi connectivity index (χ4v) is 3.81. The van der Waals surface area contributed by atoms with Gasteiger partial charge in [0, 0.05) is 18.9 Å². The molecule has 0 atom stereocenters. The number of nitrogens with one attached hydrogen (secondary N) is 2. The van der Waals surface area contributed by atoms with Gasteiger partial charge in [-0.3, -0.25) is 14.5 Å². The van der Waals surface area contributed by atoms with Crippen LogP contribution >= 0.6 is 24.0 Å². The second-order valence-electron chi connectivity index (χ2n) is 6.12. The number of rotatable bonds is 7. The third kappa shape index (κ3) is 4.48. The Morgan fingerprint density at radius 2 is 2.19 bits per heavy atom. The lowest BCUT2D eigenvalue weighted by atomic mass is 10.1. The molecule has 0 aliphatic rings. The highest BCUT2D eigenvalue weighted by molar-refractivity contribution is 7.99. The van der Waals surface area contributed by atoms with Gasteiger partial charge in [-0.2, -0.15) is 5.10 Å². The number of aromatic nitrogens is 5. The van der Waals surface area contributed by atoms with E-state index in [2.05, 4.69) is 52.5 Å². The maximum Gasteiger partial charge on any atom is 0.230 e. The molecule has 27 heavy (non-hydrogen) atoms. The van der Waals surface area contributed by atoms with Crippen LogP contribution in [0.2, 0.25) is 0 Å². The number of amides is 1. The fourth-order valence-electron chi connectivity index (χ4n) is 2.73. The van der Waals surface area contributed by atoms with Gasteiger partial charge in [0.15, 0.2) is 15.8 Å². The highest BCUT2D eigenvalue weighted by Gasteiger charge is 2.12. The summed E-state index contributed by atoms with van der Waals surface area (Å²) in [4.78, 5) is 16.6. The van der Waals surface area contributed by atoms with E-state index in [4.69, 9.17) is 12.2 Å². The van der Waals surface area contributed by atoms with Gasteiger partial charge in [-0.25, -0.2) is 4.98 Å². The standard InChI is InChI=1S/C18H22N6OS2/c1-4-23-15(21-22-17(23)26)10-20-16(25)11-27-18-19-7-8-24(18)14-9-12(2)5-6-13(14)3/h5-9H,4,10-11H2,1-3H3,(H,20,25)(H,22,26). The van der Waals surface area contributed by atoms with Crippen LogP contribution in [-0.4, -0.2) is 36.0 Å². The van der Waals surface area contributed by atoms with E-state index in [0.717, 1.165) is 22.2 Å². The Balaban J connectivity index is 1.62. The van der Waals surface area contributed by atoms with Crippen LogP contribution in [0.5, 0.6) is 0 Å². The molecule has 1 amide bonds. The van der Waals surface area contributed by atoms with Crippen molar-refractivity contribution in [2.45, 2.75) is 39.0 Å². The summed E-state index contributed by atoms with van der Waals surface area (Å²) in [6.07, 6.45) is 3.67. The number of carbonyl (C=O) groups excluding carboxylic acids is 1. The minimum Gasteiger partial charge on any atom is -0.348 e. The molecule has 142 valence electrons. The van der Waals surface area contributed by atoms with Crippen LogP contribution in [0.1, 0.15) is 23.9 Å². The topological polar surface area (TPSA) is 80.5 Å². The molecule has 0 unspecified atom stereocenters. The van der Waals surface area contributed by atoms with E-state index in [1.54, 1.807) is 6.20 Å². The minimum atomic E-state index is -0.0768. The summed E-state index contributed by atoms with van der Waals surface area (Å²) in [5.41, 5.74) is 3.42. The van der Waals surface area contributed by atoms with E-state index < -0.39 is 0 Å². The zero-order chi connectivity index (χ0) is 19.4. The molecule has 2 heterocycles. The van der Waals surface area contributed by atoms with Crippen molar-refractivity contribution in [3.05, 3.63) is 52.3 Å². The zero-order valence-electron chi connectivity index (χ0n) is 15.5. The first-order valence-corrected chi connectivity index (χ1v) is 10.0. The molecule has 0 aliphatic carbocycles. The molecule has 0 bridgehead atoms. The summed E-state index contributed by atoms with van der Waals surface area (Å²) in [5.74, 6) is 0.920. The van der Waals surface area contributed by atoms with Gasteiger partial charge in [-0.05, 0) is 50.2 Å². The monoisotopic (exact) mass is 402 g/mol. The van der Waals surface area contributed by atoms with Crippen molar-refractivity contribution in [2.24, 2.45) is 0 Å². The highest BCUT2D eigenvalue weighted by atomic mass is 32.2. The average molecular weight is 403 g/mol. The molecule has 3 aromatic rings. The Morgan fingerprint density at radius 3 is 2.96 bits per heavy atom. The third-order valence-electron chi connectivity index (χ3n) is 4.16. The molecule has 9 heteroatoms. The summed E-state index contributed by atoms with van der Waals surface area (Å²) in [5, 5.41) is 10.6. The van der Waals surface area contributed by atoms with Crippen LogP contribution < -0.4 is 5.32 Å². The van der Waals surface area contributed by atoms with Crippen molar-refractivity contribution >= 4 is 29.9 Å². The summed E-state index contributed by atoms with van der Waals surface area (Å²) in [6.45, 7) is 7.16. The molecule has 0 radical (unpaired) electrons. The maximum atomic E-state index is 12.2. The lowest BCUT2D eigenvalue weighted by Crippen LogP contribution is -2.26. The Kier molecular flexibility index (Phi) is 6.12. The molecule has 0 saturated heterocycles. The molecule has 0 aliphatic heterocycles. The van der Waals surface area contributed by atoms with Gasteiger partial charge in [0.1, 0.15) is 0 Å². The second kappa shape index (κ2) is 8.53. The number of imidazole rings is 1. The number of aromatic amines is 1. The van der Waals surface area contributed by atoms with E-state index in [0.29, 0.717) is 17.9 Å². The van der Waals surface area contributed by atoms with Crippen LogP contribution in [0.3, 0.4) is 0 Å². The van der Waals surface area contributed by atoms with E-state index >= 15 is 0 Å². The molecule has 2 aromatic heterocycles. The summed E-state index contributed by atoms with van der Waals surface area (Å²) < 4.78 is 4.44. The van der Waals surface area contributed by atoms with Crippen LogP contribution in [0.25, 0.3) is 5.69 Å². The number of carbonyl (C=O) groups is 1. The Bertz CT molecular complexity index is 1000. The number of nitrogens with zero attached hydrogens (tertiary/aromatic N) is 4. The molecule has 2 N–H and O–H groups in total. The van der Waals surface area contributed by atoms with Gasteiger partial charge in [0.05, 0.1) is 18.0 Å². The lowest BCUT2D eigenvalue weighted by Gasteiger charge is -2.11. The van der Waals surface area contributed by atoms with E-state index in [-0.39, 0.29) is 11.7 Å². The van der Waals surface area contributed by atoms with Crippen molar-refractivity contribution in [1.29, 1.82) is 0 Å². The van der Waals surface area contributed by atoms with Gasteiger partial charge in [0.25, 0.3) is 0 Å². The molecular weight excluding hydrogens is 380 g/mol. The maximum absolute atomic E-state index is 12.2. The van der Waals surface area contributed by atoms with Crippen molar-refractivity contribution < 1.29 is 4.79 Å². The number of thioether (sulfide) groups is 1. The van der Waals surface area contributed by atoms with Crippen LogP contribution in [0.15, 0.2) is 35.7 Å². The highest BCUT2D eigenvalue weighted by Crippen LogP contribution is 2.23. The van der Waals surface area contributed by atoms with Crippen molar-refractivity contribution in [3.63, 3.8) is 0 Å². The van der Waals surface area contributed by atoms with E-state index in [1.807, 2.05) is 22.3 Å². The molecule has 7 nitrogen and oxygen atoms in total. The van der Waals surface area contributed by atoms with Gasteiger partial charge in [-0.1, -0.05) is 23.9 Å². The number of aryl methyl sites for hydroxylation is 2. The first-order chi connectivity index (χ1) is 13.0. The predicted octanol–water partition coefficient (Wildman–Crippen LogP) is 3.17. The quantitative estimate of drug-likeness (QED) is 0.469. The molecule has 0 fully saturated rings. The summed E-state index contributed by atoms with van der Waals surface area (Å²) in [6, 6.07) is 6.29. The smallest absolute Gasteiger partial charge is 0.230 e. The second-order valence-corrected chi connectivity index (χ2v) is 7.45. The third-order valence-corrected chi connectivity index (χ3v) is 5.44. The molecule has 0 spiro atoms. The summed E-state index contributed by atoms with van der Waals surface area (Å²) in [7, 11) is 0. The number of H-pyrrole nitrogens is 1. The zero-order valence-corrected chi connectivity index (χ0v) is 17.2. The van der Waals surface area contributed by atoms with Gasteiger partial charge >= 0.3 is 0 Å². The van der Waals surface area contributed by atoms with Crippen molar-refractivity contribution in [2.75, 3.05) is 5.75 Å². The molecule has 3 rings (SSSR count). The van der Waals surface area contributed by atoms with Gasteiger partial charge in [-0.15, -0.1) is 0 Å². The van der Waals surface area contributed by atoms with Crippen LogP contribution in [0.4, 0.5) is 0 Å². The van der Waals surface area contributed by atoms with E-state index in [9.17, 15) is 4.79 Å². The summed E-state index contributed by atoms with van der Waals surface area (Å²) >= 11 is 6.56. The first kappa shape index (κ1) is 19.4. The van der Waals surface area contributed by atoms with E-state index in [1.165, 1.54) is 17.3 Å².